The molecule has 0 spiro atoms. The number of alkyl halides is 3. The normalized spacial score (nSPS) is 11.0. The predicted octanol–water partition coefficient (Wildman–Crippen LogP) is 4.08. The average Bonchev–Trinajstić information content (AvgIpc) is 2.45. The van der Waals surface area contributed by atoms with Gasteiger partial charge in [0.15, 0.2) is 5.75 Å². The molecule has 0 saturated carbocycles. The molecule has 0 aromatic heterocycles. The molecule has 0 radical (unpaired) electrons. The van der Waals surface area contributed by atoms with Crippen LogP contribution in [0.1, 0.15) is 0 Å². The van der Waals surface area contributed by atoms with Crippen molar-refractivity contribution < 1.29 is 22.6 Å². The first-order chi connectivity index (χ1) is 10.0. The SMILES string of the molecule is FC(F)(F)Oc1ccccc1NCCOc1ccccc1. The Morgan fingerprint density at radius 1 is 0.905 bits per heavy atom. The molecule has 21 heavy (non-hydrogen) atoms. The summed E-state index contributed by atoms with van der Waals surface area (Å²) in [6.45, 7) is 0.678. The van der Waals surface area contributed by atoms with E-state index in [0.29, 0.717) is 18.9 Å². The van der Waals surface area contributed by atoms with Gasteiger partial charge in [-0.2, -0.15) is 0 Å². The third-order valence-corrected chi connectivity index (χ3v) is 2.54. The zero-order valence-corrected chi connectivity index (χ0v) is 11.1. The Balaban J connectivity index is 1.86. The van der Waals surface area contributed by atoms with Crippen LogP contribution in [-0.4, -0.2) is 19.5 Å². The Bertz CT molecular complexity index is 558. The minimum absolute atomic E-state index is 0.260. The molecule has 0 atom stereocenters. The van der Waals surface area contributed by atoms with E-state index in [1.54, 1.807) is 18.2 Å². The third-order valence-electron chi connectivity index (χ3n) is 2.54. The number of ether oxygens (including phenoxy) is 2. The average molecular weight is 297 g/mol. The van der Waals surface area contributed by atoms with Gasteiger partial charge < -0.3 is 14.8 Å². The van der Waals surface area contributed by atoms with Crippen molar-refractivity contribution in [1.29, 1.82) is 0 Å². The molecule has 0 bridgehead atoms. The summed E-state index contributed by atoms with van der Waals surface area (Å²) in [5, 5.41) is 2.86. The van der Waals surface area contributed by atoms with Gasteiger partial charge in [0.1, 0.15) is 12.4 Å². The summed E-state index contributed by atoms with van der Waals surface area (Å²) in [6, 6.07) is 15.1. The highest BCUT2D eigenvalue weighted by atomic mass is 19.4. The van der Waals surface area contributed by atoms with Crippen molar-refractivity contribution in [2.45, 2.75) is 6.36 Å². The van der Waals surface area contributed by atoms with Gasteiger partial charge in [-0.3, -0.25) is 0 Å². The Morgan fingerprint density at radius 2 is 1.57 bits per heavy atom. The van der Waals surface area contributed by atoms with Crippen LogP contribution >= 0.6 is 0 Å². The molecular weight excluding hydrogens is 283 g/mol. The second kappa shape index (κ2) is 6.88. The Morgan fingerprint density at radius 3 is 2.29 bits per heavy atom. The summed E-state index contributed by atoms with van der Waals surface area (Å²) >= 11 is 0. The summed E-state index contributed by atoms with van der Waals surface area (Å²) in [5.41, 5.74) is 0.270. The highest BCUT2D eigenvalue weighted by molar-refractivity contribution is 5.56. The van der Waals surface area contributed by atoms with E-state index in [0.717, 1.165) is 0 Å². The first kappa shape index (κ1) is 15.0. The Hall–Kier alpha value is -2.37. The quantitative estimate of drug-likeness (QED) is 0.815. The van der Waals surface area contributed by atoms with Crippen LogP contribution in [0.25, 0.3) is 0 Å². The molecule has 112 valence electrons. The summed E-state index contributed by atoms with van der Waals surface area (Å²) < 4.78 is 46.2. The van der Waals surface area contributed by atoms with E-state index in [4.69, 9.17) is 4.74 Å². The van der Waals surface area contributed by atoms with E-state index in [-0.39, 0.29) is 11.4 Å². The molecule has 0 saturated heterocycles. The lowest BCUT2D eigenvalue weighted by atomic mass is 10.3. The molecule has 0 amide bonds. The Kier molecular flexibility index (Phi) is 4.92. The van der Waals surface area contributed by atoms with Crippen LogP contribution in [0.3, 0.4) is 0 Å². The van der Waals surface area contributed by atoms with Crippen molar-refractivity contribution in [2.75, 3.05) is 18.5 Å². The van der Waals surface area contributed by atoms with Crippen LogP contribution < -0.4 is 14.8 Å². The first-order valence-electron chi connectivity index (χ1n) is 6.31. The van der Waals surface area contributed by atoms with Crippen LogP contribution in [0.5, 0.6) is 11.5 Å². The van der Waals surface area contributed by atoms with Crippen molar-refractivity contribution in [3.8, 4) is 11.5 Å². The molecule has 6 heteroatoms. The summed E-state index contributed by atoms with van der Waals surface area (Å²) in [7, 11) is 0. The van der Waals surface area contributed by atoms with Gasteiger partial charge in [-0.1, -0.05) is 30.3 Å². The second-order valence-corrected chi connectivity index (χ2v) is 4.13. The standard InChI is InChI=1S/C15H14F3NO2/c16-15(17,18)21-14-9-5-4-8-13(14)19-10-11-20-12-6-2-1-3-7-12/h1-9,19H,10-11H2. The van der Waals surface area contributed by atoms with Gasteiger partial charge in [0.05, 0.1) is 5.69 Å². The van der Waals surface area contributed by atoms with E-state index < -0.39 is 6.36 Å². The molecule has 2 rings (SSSR count). The van der Waals surface area contributed by atoms with Gasteiger partial charge in [0.25, 0.3) is 0 Å². The fourth-order valence-corrected chi connectivity index (χ4v) is 1.70. The van der Waals surface area contributed by atoms with E-state index in [1.165, 1.54) is 18.2 Å². The number of hydrogen-bond acceptors (Lipinski definition) is 3. The zero-order valence-electron chi connectivity index (χ0n) is 11.1. The molecule has 0 aliphatic rings. The number of benzene rings is 2. The summed E-state index contributed by atoms with van der Waals surface area (Å²) in [6.07, 6.45) is -4.71. The molecule has 0 unspecified atom stereocenters. The fraction of sp³-hybridized carbons (Fsp3) is 0.200. The summed E-state index contributed by atoms with van der Waals surface area (Å²) in [4.78, 5) is 0. The summed E-state index contributed by atoms with van der Waals surface area (Å²) in [5.74, 6) is 0.448. The van der Waals surface area contributed by atoms with Crippen molar-refractivity contribution in [3.05, 3.63) is 54.6 Å². The van der Waals surface area contributed by atoms with Crippen LogP contribution in [0.4, 0.5) is 18.9 Å². The lowest BCUT2D eigenvalue weighted by molar-refractivity contribution is -0.274. The monoisotopic (exact) mass is 297 g/mol. The van der Waals surface area contributed by atoms with E-state index in [9.17, 15) is 13.2 Å². The van der Waals surface area contributed by atoms with Gasteiger partial charge in [-0.05, 0) is 24.3 Å². The largest absolute Gasteiger partial charge is 0.573 e. The van der Waals surface area contributed by atoms with Crippen molar-refractivity contribution >= 4 is 5.69 Å². The van der Waals surface area contributed by atoms with Crippen molar-refractivity contribution in [3.63, 3.8) is 0 Å². The van der Waals surface area contributed by atoms with Crippen LogP contribution in [0, 0.1) is 0 Å². The molecule has 1 N–H and O–H groups in total. The highest BCUT2D eigenvalue weighted by Gasteiger charge is 2.31. The van der Waals surface area contributed by atoms with Crippen LogP contribution in [0.15, 0.2) is 54.6 Å². The van der Waals surface area contributed by atoms with Gasteiger partial charge >= 0.3 is 6.36 Å². The molecule has 0 aliphatic heterocycles. The molecule has 0 heterocycles. The number of para-hydroxylation sites is 3. The van der Waals surface area contributed by atoms with Gasteiger partial charge in [-0.15, -0.1) is 13.2 Å². The zero-order chi connectivity index (χ0) is 15.1. The lowest BCUT2D eigenvalue weighted by Gasteiger charge is -2.14. The van der Waals surface area contributed by atoms with E-state index >= 15 is 0 Å². The minimum atomic E-state index is -4.71. The maximum atomic E-state index is 12.3. The smallest absolute Gasteiger partial charge is 0.492 e. The molecule has 2 aromatic carbocycles. The number of anilines is 1. The first-order valence-corrected chi connectivity index (χ1v) is 6.31. The van der Waals surface area contributed by atoms with E-state index in [1.807, 2.05) is 18.2 Å². The van der Waals surface area contributed by atoms with Crippen molar-refractivity contribution in [2.24, 2.45) is 0 Å². The minimum Gasteiger partial charge on any atom is -0.492 e. The number of hydrogen-bond donors (Lipinski definition) is 1. The van der Waals surface area contributed by atoms with Gasteiger partial charge in [-0.25, -0.2) is 0 Å². The molecule has 0 aliphatic carbocycles. The predicted molar refractivity (Wildman–Crippen MR) is 73.6 cm³/mol. The molecule has 3 nitrogen and oxygen atoms in total. The number of rotatable bonds is 6. The van der Waals surface area contributed by atoms with Crippen molar-refractivity contribution in [1.82, 2.24) is 0 Å². The molecular formula is C15H14F3NO2. The van der Waals surface area contributed by atoms with Crippen LogP contribution in [-0.2, 0) is 0 Å². The third kappa shape index (κ3) is 5.25. The molecule has 2 aromatic rings. The number of nitrogens with one attached hydrogen (secondary N) is 1. The fourth-order valence-electron chi connectivity index (χ4n) is 1.70. The van der Waals surface area contributed by atoms with Gasteiger partial charge in [0.2, 0.25) is 0 Å². The molecule has 0 fully saturated rings. The van der Waals surface area contributed by atoms with Gasteiger partial charge in [0, 0.05) is 6.54 Å². The highest BCUT2D eigenvalue weighted by Crippen LogP contribution is 2.29. The van der Waals surface area contributed by atoms with Crippen LogP contribution in [0.2, 0.25) is 0 Å². The maximum absolute atomic E-state index is 12.3. The second-order valence-electron chi connectivity index (χ2n) is 4.13. The maximum Gasteiger partial charge on any atom is 0.573 e. The van der Waals surface area contributed by atoms with E-state index in [2.05, 4.69) is 10.1 Å². The Labute approximate surface area is 120 Å². The lowest BCUT2D eigenvalue weighted by Crippen LogP contribution is -2.19. The number of halogens is 3. The topological polar surface area (TPSA) is 30.5 Å².